The van der Waals surface area contributed by atoms with Gasteiger partial charge in [0.15, 0.2) is 0 Å². The first-order valence-electron chi connectivity index (χ1n) is 11.0. The minimum Gasteiger partial charge on any atom is -0.256 e. The fraction of sp³-hybridized carbons (Fsp3) is 0. The molecule has 1 aromatic heterocycles. The van der Waals surface area contributed by atoms with Crippen LogP contribution >= 0.6 is 9.24 Å². The van der Waals surface area contributed by atoms with Crippen molar-refractivity contribution in [3.8, 4) is 22.4 Å². The molecule has 0 aliphatic carbocycles. The van der Waals surface area contributed by atoms with E-state index in [1.807, 2.05) is 18.3 Å². The molecule has 1 heterocycles. The van der Waals surface area contributed by atoms with Crippen LogP contribution in [0.5, 0.6) is 0 Å². The van der Waals surface area contributed by atoms with Crippen molar-refractivity contribution >= 4 is 36.1 Å². The van der Waals surface area contributed by atoms with Gasteiger partial charge in [0.2, 0.25) is 0 Å². The average molecular weight is 442 g/mol. The molecule has 0 bridgehead atoms. The molecule has 1 unspecified atom stereocenters. The number of hydrogen-bond acceptors (Lipinski definition) is 1. The van der Waals surface area contributed by atoms with Crippen molar-refractivity contribution in [1.82, 2.24) is 4.98 Å². The third kappa shape index (κ3) is 4.55. The van der Waals surface area contributed by atoms with E-state index in [-0.39, 0.29) is 0 Å². The zero-order chi connectivity index (χ0) is 22.5. The molecule has 0 aliphatic rings. The van der Waals surface area contributed by atoms with Gasteiger partial charge in [-0.05, 0) is 38.7 Å². The van der Waals surface area contributed by atoms with Gasteiger partial charge in [0.05, 0.1) is 5.69 Å². The fourth-order valence-corrected chi connectivity index (χ4v) is 4.52. The number of pyridine rings is 1. The van der Waals surface area contributed by atoms with Gasteiger partial charge in [-0.15, -0.1) is 9.24 Å². The molecule has 0 aliphatic heterocycles. The summed E-state index contributed by atoms with van der Waals surface area (Å²) in [7, 11) is 2.84. The van der Waals surface area contributed by atoms with Crippen molar-refractivity contribution in [3.63, 3.8) is 0 Å². The highest BCUT2D eigenvalue weighted by molar-refractivity contribution is 7.28. The number of nitrogens with zero attached hydrogens (tertiary/aromatic N) is 1. The molecule has 0 spiro atoms. The molecule has 2 heteroatoms. The summed E-state index contributed by atoms with van der Waals surface area (Å²) < 4.78 is 0. The molecular weight excluding hydrogens is 417 g/mol. The molecule has 33 heavy (non-hydrogen) atoms. The van der Waals surface area contributed by atoms with Crippen LogP contribution in [-0.2, 0) is 0 Å². The lowest BCUT2D eigenvalue weighted by Crippen LogP contribution is -2.00. The largest absolute Gasteiger partial charge is 0.256 e. The Morgan fingerprint density at radius 1 is 0.455 bits per heavy atom. The molecule has 6 rings (SSSR count). The normalized spacial score (nSPS) is 10.6. The standard InChI is InChI=1S/C19H14NP.C12H10/c21-17-10-9-13-5-1-3-7-15(13)18(17)19-16-8-4-2-6-14(16)11-12-20-19;1-3-7-11(8-4-1)12-9-5-2-6-10-12/h1-12H,21H2;1-10H. The SMILES string of the molecule is Pc1ccc2ccccc2c1-c1nccc2ccccc12.c1ccc(-c2ccccc2)cc1. The molecule has 1 nitrogen and oxygen atoms in total. The molecule has 0 N–H and O–H groups in total. The van der Waals surface area contributed by atoms with Crippen LogP contribution in [0.25, 0.3) is 43.9 Å². The Bertz CT molecular complexity index is 1470. The van der Waals surface area contributed by atoms with Crippen LogP contribution in [0, 0.1) is 0 Å². The summed E-state index contributed by atoms with van der Waals surface area (Å²) in [6, 6.07) is 44.0. The van der Waals surface area contributed by atoms with Gasteiger partial charge in [-0.25, -0.2) is 0 Å². The Morgan fingerprint density at radius 2 is 0.970 bits per heavy atom. The molecule has 0 fully saturated rings. The van der Waals surface area contributed by atoms with E-state index in [2.05, 4.69) is 129 Å². The second-order valence-electron chi connectivity index (χ2n) is 7.86. The maximum atomic E-state index is 4.67. The summed E-state index contributed by atoms with van der Waals surface area (Å²) >= 11 is 0. The highest BCUT2D eigenvalue weighted by atomic mass is 31.0. The summed E-state index contributed by atoms with van der Waals surface area (Å²) in [5, 5.41) is 6.08. The molecule has 0 radical (unpaired) electrons. The molecular formula is C31H24NP. The Hall–Kier alpha value is -3.80. The highest BCUT2D eigenvalue weighted by Crippen LogP contribution is 2.31. The van der Waals surface area contributed by atoms with Gasteiger partial charge in [-0.3, -0.25) is 4.98 Å². The van der Waals surface area contributed by atoms with Gasteiger partial charge >= 0.3 is 0 Å². The summed E-state index contributed by atoms with van der Waals surface area (Å²) in [4.78, 5) is 4.67. The van der Waals surface area contributed by atoms with E-state index in [1.54, 1.807) is 0 Å². The molecule has 0 amide bonds. The lowest BCUT2D eigenvalue weighted by atomic mass is 9.98. The van der Waals surface area contributed by atoms with Crippen molar-refractivity contribution in [2.75, 3.05) is 0 Å². The van der Waals surface area contributed by atoms with Crippen molar-refractivity contribution in [2.24, 2.45) is 0 Å². The zero-order valence-corrected chi connectivity index (χ0v) is 19.4. The highest BCUT2D eigenvalue weighted by Gasteiger charge is 2.11. The van der Waals surface area contributed by atoms with Crippen LogP contribution in [0.1, 0.15) is 0 Å². The maximum Gasteiger partial charge on any atom is 0.0792 e. The summed E-state index contributed by atoms with van der Waals surface area (Å²) in [5.41, 5.74) is 4.81. The summed E-state index contributed by atoms with van der Waals surface area (Å²) in [5.74, 6) is 0. The summed E-state index contributed by atoms with van der Waals surface area (Å²) in [6.45, 7) is 0. The van der Waals surface area contributed by atoms with Crippen molar-refractivity contribution < 1.29 is 0 Å². The lowest BCUT2D eigenvalue weighted by molar-refractivity contribution is 1.37. The van der Waals surface area contributed by atoms with E-state index < -0.39 is 0 Å². The maximum absolute atomic E-state index is 4.67. The number of aromatic nitrogens is 1. The lowest BCUT2D eigenvalue weighted by Gasteiger charge is -2.12. The van der Waals surface area contributed by atoms with Crippen LogP contribution in [0.3, 0.4) is 0 Å². The molecule has 0 saturated carbocycles. The minimum absolute atomic E-state index is 1.05. The molecule has 158 valence electrons. The number of fused-ring (bicyclic) bond motifs is 2. The molecule has 6 aromatic rings. The topological polar surface area (TPSA) is 12.9 Å². The zero-order valence-electron chi connectivity index (χ0n) is 18.2. The van der Waals surface area contributed by atoms with Gasteiger partial charge in [0.1, 0.15) is 0 Å². The monoisotopic (exact) mass is 441 g/mol. The number of rotatable bonds is 2. The Labute approximate surface area is 197 Å². The molecule has 5 aromatic carbocycles. The Morgan fingerprint density at radius 3 is 1.61 bits per heavy atom. The smallest absolute Gasteiger partial charge is 0.0792 e. The number of benzene rings is 5. The van der Waals surface area contributed by atoms with E-state index in [1.165, 1.54) is 43.5 Å². The van der Waals surface area contributed by atoms with Crippen LogP contribution in [0.2, 0.25) is 0 Å². The van der Waals surface area contributed by atoms with Gasteiger partial charge in [0, 0.05) is 17.1 Å². The van der Waals surface area contributed by atoms with Crippen LogP contribution in [0.4, 0.5) is 0 Å². The molecule has 1 atom stereocenters. The van der Waals surface area contributed by atoms with Crippen LogP contribution in [0.15, 0.2) is 134 Å². The third-order valence-electron chi connectivity index (χ3n) is 5.75. The third-order valence-corrected chi connectivity index (χ3v) is 6.23. The van der Waals surface area contributed by atoms with Crippen LogP contribution in [-0.4, -0.2) is 4.98 Å². The second kappa shape index (κ2) is 9.77. The van der Waals surface area contributed by atoms with Gasteiger partial charge in [-0.2, -0.15) is 0 Å². The fourth-order valence-electron chi connectivity index (χ4n) is 4.13. The second-order valence-corrected chi connectivity index (χ2v) is 8.49. The van der Waals surface area contributed by atoms with E-state index in [0.29, 0.717) is 0 Å². The van der Waals surface area contributed by atoms with E-state index in [0.717, 1.165) is 5.69 Å². The molecule has 0 saturated heterocycles. The van der Waals surface area contributed by atoms with Crippen molar-refractivity contribution in [2.45, 2.75) is 0 Å². The first-order valence-corrected chi connectivity index (χ1v) is 11.6. The minimum atomic E-state index is 1.05. The van der Waals surface area contributed by atoms with E-state index in [4.69, 9.17) is 0 Å². The Balaban J connectivity index is 0.000000162. The van der Waals surface area contributed by atoms with E-state index in [9.17, 15) is 0 Å². The average Bonchev–Trinajstić information content (AvgIpc) is 2.90. The van der Waals surface area contributed by atoms with Crippen molar-refractivity contribution in [3.05, 3.63) is 134 Å². The summed E-state index contributed by atoms with van der Waals surface area (Å²) in [6.07, 6.45) is 1.89. The Kier molecular flexibility index (Phi) is 6.24. The predicted octanol–water partition coefficient (Wildman–Crippen LogP) is 7.91. The van der Waals surface area contributed by atoms with E-state index >= 15 is 0 Å². The van der Waals surface area contributed by atoms with Gasteiger partial charge < -0.3 is 0 Å². The number of hydrogen-bond donors (Lipinski definition) is 0. The quantitative estimate of drug-likeness (QED) is 0.249. The predicted molar refractivity (Wildman–Crippen MR) is 146 cm³/mol. The van der Waals surface area contributed by atoms with Crippen molar-refractivity contribution in [1.29, 1.82) is 0 Å². The van der Waals surface area contributed by atoms with Gasteiger partial charge in [0.25, 0.3) is 0 Å². The van der Waals surface area contributed by atoms with Crippen LogP contribution < -0.4 is 5.30 Å². The first-order chi connectivity index (χ1) is 16.3. The first kappa shape index (κ1) is 21.1. The van der Waals surface area contributed by atoms with Gasteiger partial charge in [-0.1, -0.05) is 121 Å².